The molecule has 1 heterocycles. The molecule has 7 nitrogen and oxygen atoms in total. The van der Waals surface area contributed by atoms with Crippen LogP contribution in [0, 0.1) is 0 Å². The Bertz CT molecular complexity index is 495. The van der Waals surface area contributed by atoms with Crippen LogP contribution in [0.2, 0.25) is 0 Å². The van der Waals surface area contributed by atoms with Crippen LogP contribution in [-0.2, 0) is 14.6 Å². The summed E-state index contributed by atoms with van der Waals surface area (Å²) in [6.07, 6.45) is -1.79. The van der Waals surface area contributed by atoms with E-state index >= 15 is 0 Å². The first-order chi connectivity index (χ1) is 7.46. The van der Waals surface area contributed by atoms with Crippen LogP contribution in [0.15, 0.2) is 18.2 Å². The zero-order valence-corrected chi connectivity index (χ0v) is 8.68. The summed E-state index contributed by atoms with van der Waals surface area (Å²) in [5.74, 6) is 0.860. The third-order valence-corrected chi connectivity index (χ3v) is 2.32. The van der Waals surface area contributed by atoms with Gasteiger partial charge in [-0.25, -0.2) is 4.18 Å². The molecule has 1 unspecified atom stereocenters. The molecule has 0 radical (unpaired) electrons. The lowest BCUT2D eigenvalue weighted by Crippen LogP contribution is -2.10. The maximum atomic E-state index is 10.4. The average molecular weight is 248 g/mol. The predicted octanol–water partition coefficient (Wildman–Crippen LogP) is 0.226. The van der Waals surface area contributed by atoms with Crippen molar-refractivity contribution in [2.45, 2.75) is 6.29 Å². The molecule has 16 heavy (non-hydrogen) atoms. The van der Waals surface area contributed by atoms with Crippen molar-refractivity contribution in [3.05, 3.63) is 23.8 Å². The molecule has 1 atom stereocenters. The van der Waals surface area contributed by atoms with Gasteiger partial charge in [0.05, 0.1) is 0 Å². The molecule has 0 amide bonds. The molecule has 1 aromatic rings. The first-order valence-electron chi connectivity index (χ1n) is 4.19. The van der Waals surface area contributed by atoms with Crippen LogP contribution in [0.1, 0.15) is 11.9 Å². The summed E-state index contributed by atoms with van der Waals surface area (Å²) in [6, 6.07) is 4.25. The van der Waals surface area contributed by atoms with Gasteiger partial charge in [0.25, 0.3) is 0 Å². The Hall–Kier alpha value is -1.35. The van der Waals surface area contributed by atoms with Crippen LogP contribution in [0.5, 0.6) is 11.5 Å². The van der Waals surface area contributed by atoms with E-state index in [9.17, 15) is 13.5 Å². The molecule has 1 aliphatic heterocycles. The number of hydrogen-bond acceptors (Lipinski definition) is 6. The second-order valence-corrected chi connectivity index (χ2v) is 4.04. The second-order valence-electron chi connectivity index (χ2n) is 2.99. The van der Waals surface area contributed by atoms with Crippen LogP contribution < -0.4 is 9.47 Å². The van der Waals surface area contributed by atoms with Gasteiger partial charge in [-0.15, -0.1) is 0 Å². The van der Waals surface area contributed by atoms with Crippen LogP contribution in [0.3, 0.4) is 0 Å². The monoisotopic (exact) mass is 248 g/mol. The summed E-state index contributed by atoms with van der Waals surface area (Å²) in [7, 11) is -4.71. The highest BCUT2D eigenvalue weighted by molar-refractivity contribution is 7.80. The van der Waals surface area contributed by atoms with Gasteiger partial charge in [-0.05, 0) is 18.2 Å². The van der Waals surface area contributed by atoms with E-state index in [4.69, 9.17) is 14.0 Å². The Balaban J connectivity index is 2.21. The van der Waals surface area contributed by atoms with Gasteiger partial charge < -0.3 is 14.6 Å². The lowest BCUT2D eigenvalue weighted by Gasteiger charge is -2.09. The third-order valence-electron chi connectivity index (χ3n) is 1.89. The molecule has 0 spiro atoms. The lowest BCUT2D eigenvalue weighted by molar-refractivity contribution is -0.0219. The van der Waals surface area contributed by atoms with Gasteiger partial charge >= 0.3 is 10.4 Å². The summed E-state index contributed by atoms with van der Waals surface area (Å²) in [6.45, 7) is 0.0635. The summed E-state index contributed by atoms with van der Waals surface area (Å²) >= 11 is 0. The maximum absolute atomic E-state index is 10.4. The standard InChI is InChI=1S/C8H8O7S/c9-8(15-16(10,11)12)5-1-2-6-7(3-5)14-4-13-6/h1-3,8-9H,4H2,(H,10,11,12). The molecule has 0 aromatic heterocycles. The van der Waals surface area contributed by atoms with Crippen molar-refractivity contribution in [3.8, 4) is 11.5 Å². The van der Waals surface area contributed by atoms with Crippen molar-refractivity contribution < 1.29 is 31.7 Å². The predicted molar refractivity (Wildman–Crippen MR) is 50.2 cm³/mol. The number of benzene rings is 1. The molecule has 1 aromatic carbocycles. The van der Waals surface area contributed by atoms with Crippen LogP contribution in [-0.4, -0.2) is 24.9 Å². The molecule has 0 fully saturated rings. The Morgan fingerprint density at radius 3 is 2.69 bits per heavy atom. The quantitative estimate of drug-likeness (QED) is 0.582. The number of hydrogen-bond donors (Lipinski definition) is 2. The molecular formula is C8H8O7S. The fraction of sp³-hybridized carbons (Fsp3) is 0.250. The SMILES string of the molecule is O=S(=O)(O)OC(O)c1ccc2c(c1)OCO2. The number of rotatable bonds is 3. The average Bonchev–Trinajstić information content (AvgIpc) is 2.61. The van der Waals surface area contributed by atoms with Crippen molar-refractivity contribution in [2.24, 2.45) is 0 Å². The van der Waals surface area contributed by atoms with E-state index in [0.717, 1.165) is 0 Å². The molecule has 1 aliphatic rings. The van der Waals surface area contributed by atoms with E-state index in [1.165, 1.54) is 18.2 Å². The molecule has 0 aliphatic carbocycles. The summed E-state index contributed by atoms with van der Waals surface area (Å²) in [5, 5.41) is 9.33. The van der Waals surface area contributed by atoms with Gasteiger partial charge in [-0.3, -0.25) is 4.55 Å². The summed E-state index contributed by atoms with van der Waals surface area (Å²) in [4.78, 5) is 0. The third kappa shape index (κ3) is 2.42. The summed E-state index contributed by atoms with van der Waals surface area (Å²) in [5.41, 5.74) is 0.127. The highest BCUT2D eigenvalue weighted by Crippen LogP contribution is 2.34. The van der Waals surface area contributed by atoms with E-state index in [1.54, 1.807) is 0 Å². The number of aliphatic hydroxyl groups excluding tert-OH is 1. The molecule has 0 saturated carbocycles. The van der Waals surface area contributed by atoms with Crippen molar-refractivity contribution >= 4 is 10.4 Å². The zero-order chi connectivity index (χ0) is 11.8. The smallest absolute Gasteiger partial charge is 0.400 e. The molecular weight excluding hydrogens is 240 g/mol. The van der Waals surface area contributed by atoms with Gasteiger partial charge in [0.2, 0.25) is 13.1 Å². The Morgan fingerprint density at radius 1 is 1.31 bits per heavy atom. The molecule has 8 heteroatoms. The zero-order valence-electron chi connectivity index (χ0n) is 7.86. The Labute approximate surface area is 91.1 Å². The first kappa shape index (κ1) is 11.1. The van der Waals surface area contributed by atoms with Crippen molar-refractivity contribution in [1.82, 2.24) is 0 Å². The first-order valence-corrected chi connectivity index (χ1v) is 5.55. The molecule has 2 N–H and O–H groups in total. The second kappa shape index (κ2) is 3.91. The van der Waals surface area contributed by atoms with E-state index < -0.39 is 16.7 Å². The van der Waals surface area contributed by atoms with Crippen LogP contribution in [0.25, 0.3) is 0 Å². The van der Waals surface area contributed by atoms with Gasteiger partial charge in [0.15, 0.2) is 11.5 Å². The van der Waals surface area contributed by atoms with E-state index in [0.29, 0.717) is 11.5 Å². The van der Waals surface area contributed by atoms with Crippen LogP contribution >= 0.6 is 0 Å². The van der Waals surface area contributed by atoms with E-state index in [2.05, 4.69) is 4.18 Å². The maximum Gasteiger partial charge on any atom is 0.400 e. The summed E-state index contributed by atoms with van der Waals surface area (Å²) < 4.78 is 43.1. The van der Waals surface area contributed by atoms with Gasteiger partial charge in [0.1, 0.15) is 0 Å². The molecule has 0 saturated heterocycles. The van der Waals surface area contributed by atoms with Crippen molar-refractivity contribution in [3.63, 3.8) is 0 Å². The Morgan fingerprint density at radius 2 is 2.00 bits per heavy atom. The number of ether oxygens (including phenoxy) is 2. The minimum atomic E-state index is -4.71. The van der Waals surface area contributed by atoms with E-state index in [1.807, 2.05) is 0 Å². The number of aliphatic hydroxyl groups is 1. The lowest BCUT2D eigenvalue weighted by atomic mass is 10.2. The Kier molecular flexibility index (Phi) is 2.72. The minimum absolute atomic E-state index is 0.0635. The molecule has 0 bridgehead atoms. The highest BCUT2D eigenvalue weighted by Gasteiger charge is 2.20. The number of fused-ring (bicyclic) bond motifs is 1. The van der Waals surface area contributed by atoms with E-state index in [-0.39, 0.29) is 12.4 Å². The largest absolute Gasteiger partial charge is 0.454 e. The normalized spacial score (nSPS) is 16.1. The van der Waals surface area contributed by atoms with Crippen LogP contribution in [0.4, 0.5) is 0 Å². The molecule has 2 rings (SSSR count). The topological polar surface area (TPSA) is 102 Å². The fourth-order valence-electron chi connectivity index (χ4n) is 1.24. The van der Waals surface area contributed by atoms with Gasteiger partial charge in [-0.2, -0.15) is 8.42 Å². The van der Waals surface area contributed by atoms with Crippen molar-refractivity contribution in [2.75, 3.05) is 6.79 Å². The highest BCUT2D eigenvalue weighted by atomic mass is 32.3. The molecule has 88 valence electrons. The van der Waals surface area contributed by atoms with Gasteiger partial charge in [-0.1, -0.05) is 0 Å². The van der Waals surface area contributed by atoms with Crippen molar-refractivity contribution in [1.29, 1.82) is 0 Å². The minimum Gasteiger partial charge on any atom is -0.454 e. The van der Waals surface area contributed by atoms with Gasteiger partial charge in [0, 0.05) is 5.56 Å². The fourth-order valence-corrected chi connectivity index (χ4v) is 1.58.